The van der Waals surface area contributed by atoms with Gasteiger partial charge in [0.15, 0.2) is 11.5 Å². The second-order valence-corrected chi connectivity index (χ2v) is 5.51. The summed E-state index contributed by atoms with van der Waals surface area (Å²) in [7, 11) is 4.85. The Bertz CT molecular complexity index is 734. The molecular formula is C20H23NO3. The third-order valence-electron chi connectivity index (χ3n) is 4.12. The van der Waals surface area contributed by atoms with Crippen LogP contribution in [-0.2, 0) is 12.8 Å². The minimum Gasteiger partial charge on any atom is -0.496 e. The van der Waals surface area contributed by atoms with Crippen molar-refractivity contribution in [2.24, 2.45) is 0 Å². The lowest BCUT2D eigenvalue weighted by Crippen LogP contribution is -2.04. The Hall–Kier alpha value is -2.67. The highest BCUT2D eigenvalue weighted by Gasteiger charge is 2.18. The van der Waals surface area contributed by atoms with Crippen molar-refractivity contribution in [2.45, 2.75) is 25.7 Å². The molecule has 0 aromatic heterocycles. The fourth-order valence-electron chi connectivity index (χ4n) is 2.74. The summed E-state index contributed by atoms with van der Waals surface area (Å²) in [5.74, 6) is 1.81. The number of nitriles is 1. The second kappa shape index (κ2) is 8.26. The maximum atomic E-state index is 9.69. The van der Waals surface area contributed by atoms with E-state index < -0.39 is 0 Å². The molecule has 126 valence electrons. The zero-order chi connectivity index (χ0) is 17.5. The molecule has 1 atom stereocenters. The van der Waals surface area contributed by atoms with Crippen molar-refractivity contribution in [3.63, 3.8) is 0 Å². The van der Waals surface area contributed by atoms with Crippen LogP contribution in [0.1, 0.15) is 29.5 Å². The van der Waals surface area contributed by atoms with Crippen molar-refractivity contribution in [3.8, 4) is 23.3 Å². The monoisotopic (exact) mass is 325 g/mol. The van der Waals surface area contributed by atoms with E-state index in [1.807, 2.05) is 30.3 Å². The lowest BCUT2D eigenvalue weighted by atomic mass is 9.91. The van der Waals surface area contributed by atoms with Crippen molar-refractivity contribution < 1.29 is 14.2 Å². The lowest BCUT2D eigenvalue weighted by molar-refractivity contribution is 0.354. The molecule has 24 heavy (non-hydrogen) atoms. The van der Waals surface area contributed by atoms with E-state index in [9.17, 15) is 5.26 Å². The number of methoxy groups -OCH3 is 3. The molecule has 4 heteroatoms. The van der Waals surface area contributed by atoms with Gasteiger partial charge in [0.25, 0.3) is 0 Å². The minimum absolute atomic E-state index is 0.287. The number of nitrogens with zero attached hydrogens (tertiary/aromatic N) is 1. The lowest BCUT2D eigenvalue weighted by Gasteiger charge is -2.16. The van der Waals surface area contributed by atoms with Gasteiger partial charge in [0.1, 0.15) is 5.75 Å². The smallest absolute Gasteiger partial charge is 0.160 e. The Morgan fingerprint density at radius 2 is 1.50 bits per heavy atom. The summed E-state index contributed by atoms with van der Waals surface area (Å²) >= 11 is 0. The molecule has 0 aliphatic heterocycles. The standard InChI is InChI=1S/C20H23NO3/c1-5-14-6-8-18(22-2)17(11-14)16(13-21)10-15-7-9-19(23-3)20(12-15)24-4/h6-9,11-12,16H,5,10H2,1-4H3. The van der Waals surface area contributed by atoms with Gasteiger partial charge in [0.05, 0.1) is 33.3 Å². The van der Waals surface area contributed by atoms with Crippen molar-refractivity contribution >= 4 is 0 Å². The Balaban J connectivity index is 2.35. The molecule has 0 fully saturated rings. The van der Waals surface area contributed by atoms with E-state index in [0.29, 0.717) is 17.9 Å². The first kappa shape index (κ1) is 17.7. The summed E-state index contributed by atoms with van der Waals surface area (Å²) in [4.78, 5) is 0. The SMILES string of the molecule is CCc1ccc(OC)c(C(C#N)Cc2ccc(OC)c(OC)c2)c1. The van der Waals surface area contributed by atoms with Crippen LogP contribution in [0.2, 0.25) is 0 Å². The molecule has 0 N–H and O–H groups in total. The van der Waals surface area contributed by atoms with Gasteiger partial charge in [0, 0.05) is 5.56 Å². The van der Waals surface area contributed by atoms with Gasteiger partial charge in [-0.05, 0) is 42.2 Å². The number of ether oxygens (including phenoxy) is 3. The highest BCUT2D eigenvalue weighted by Crippen LogP contribution is 2.33. The molecule has 0 aliphatic carbocycles. The van der Waals surface area contributed by atoms with Gasteiger partial charge < -0.3 is 14.2 Å². The summed E-state index contributed by atoms with van der Waals surface area (Å²) < 4.78 is 16.1. The fraction of sp³-hybridized carbons (Fsp3) is 0.350. The van der Waals surface area contributed by atoms with Gasteiger partial charge in [-0.3, -0.25) is 0 Å². The number of benzene rings is 2. The highest BCUT2D eigenvalue weighted by atomic mass is 16.5. The average Bonchev–Trinajstić information content (AvgIpc) is 2.65. The molecule has 2 aromatic rings. The van der Waals surface area contributed by atoms with Gasteiger partial charge in [-0.25, -0.2) is 0 Å². The molecule has 0 amide bonds. The molecule has 0 radical (unpaired) electrons. The van der Waals surface area contributed by atoms with Crippen molar-refractivity contribution in [3.05, 3.63) is 53.1 Å². The zero-order valence-electron chi connectivity index (χ0n) is 14.6. The topological polar surface area (TPSA) is 51.5 Å². The maximum absolute atomic E-state index is 9.69. The first-order valence-corrected chi connectivity index (χ1v) is 7.94. The molecule has 0 saturated carbocycles. The molecule has 0 spiro atoms. The molecule has 2 rings (SSSR count). The maximum Gasteiger partial charge on any atom is 0.160 e. The van der Waals surface area contributed by atoms with Crippen LogP contribution in [0.3, 0.4) is 0 Å². The Morgan fingerprint density at radius 1 is 0.875 bits per heavy atom. The Labute approximate surface area is 143 Å². The number of hydrogen-bond donors (Lipinski definition) is 0. The summed E-state index contributed by atoms with van der Waals surface area (Å²) in [5, 5.41) is 9.69. The predicted molar refractivity (Wildman–Crippen MR) is 94.0 cm³/mol. The van der Waals surface area contributed by atoms with Crippen LogP contribution in [-0.4, -0.2) is 21.3 Å². The largest absolute Gasteiger partial charge is 0.496 e. The molecule has 0 heterocycles. The van der Waals surface area contributed by atoms with Crippen LogP contribution < -0.4 is 14.2 Å². The van der Waals surface area contributed by atoms with Crippen LogP contribution in [0.4, 0.5) is 0 Å². The Morgan fingerprint density at radius 3 is 2.08 bits per heavy atom. The minimum atomic E-state index is -0.287. The first-order chi connectivity index (χ1) is 11.7. The van der Waals surface area contributed by atoms with E-state index in [1.165, 1.54) is 5.56 Å². The fourth-order valence-corrected chi connectivity index (χ4v) is 2.74. The molecule has 0 saturated heterocycles. The van der Waals surface area contributed by atoms with Gasteiger partial charge in [-0.2, -0.15) is 5.26 Å². The quantitative estimate of drug-likeness (QED) is 0.768. The van der Waals surface area contributed by atoms with Crippen molar-refractivity contribution in [2.75, 3.05) is 21.3 Å². The predicted octanol–water partition coefficient (Wildman–Crippen LogP) is 4.12. The van der Waals surface area contributed by atoms with Crippen LogP contribution in [0.15, 0.2) is 36.4 Å². The first-order valence-electron chi connectivity index (χ1n) is 7.94. The third-order valence-corrected chi connectivity index (χ3v) is 4.12. The van der Waals surface area contributed by atoms with E-state index >= 15 is 0 Å². The van der Waals surface area contributed by atoms with Crippen LogP contribution in [0.25, 0.3) is 0 Å². The van der Waals surface area contributed by atoms with Gasteiger partial charge in [0.2, 0.25) is 0 Å². The molecule has 4 nitrogen and oxygen atoms in total. The van der Waals surface area contributed by atoms with Gasteiger partial charge in [-0.15, -0.1) is 0 Å². The van der Waals surface area contributed by atoms with E-state index in [-0.39, 0.29) is 5.92 Å². The van der Waals surface area contributed by atoms with Crippen molar-refractivity contribution in [1.29, 1.82) is 5.26 Å². The van der Waals surface area contributed by atoms with Crippen LogP contribution in [0.5, 0.6) is 17.2 Å². The second-order valence-electron chi connectivity index (χ2n) is 5.51. The number of hydrogen-bond acceptors (Lipinski definition) is 4. The van der Waals surface area contributed by atoms with Crippen molar-refractivity contribution in [1.82, 2.24) is 0 Å². The van der Waals surface area contributed by atoms with Gasteiger partial charge in [-0.1, -0.05) is 25.1 Å². The van der Waals surface area contributed by atoms with E-state index in [4.69, 9.17) is 14.2 Å². The summed E-state index contributed by atoms with van der Waals surface area (Å²) in [6.45, 7) is 2.10. The third kappa shape index (κ3) is 3.80. The van der Waals surface area contributed by atoms with Crippen LogP contribution in [0, 0.1) is 11.3 Å². The molecular weight excluding hydrogens is 302 g/mol. The molecule has 2 aromatic carbocycles. The van der Waals surface area contributed by atoms with E-state index in [2.05, 4.69) is 19.1 Å². The summed E-state index contributed by atoms with van der Waals surface area (Å²) in [6, 6.07) is 14.2. The molecule has 0 bridgehead atoms. The zero-order valence-corrected chi connectivity index (χ0v) is 14.6. The highest BCUT2D eigenvalue weighted by molar-refractivity contribution is 5.46. The normalized spacial score (nSPS) is 11.5. The summed E-state index contributed by atoms with van der Waals surface area (Å²) in [5.41, 5.74) is 3.13. The number of rotatable bonds is 7. The number of aryl methyl sites for hydroxylation is 1. The van der Waals surface area contributed by atoms with E-state index in [0.717, 1.165) is 23.3 Å². The molecule has 1 unspecified atom stereocenters. The molecule has 0 aliphatic rings. The van der Waals surface area contributed by atoms with Gasteiger partial charge >= 0.3 is 0 Å². The Kier molecular flexibility index (Phi) is 6.08. The summed E-state index contributed by atoms with van der Waals surface area (Å²) in [6.07, 6.45) is 1.51. The average molecular weight is 325 g/mol. The van der Waals surface area contributed by atoms with Crippen LogP contribution >= 0.6 is 0 Å². The van der Waals surface area contributed by atoms with E-state index in [1.54, 1.807) is 21.3 Å².